The summed E-state index contributed by atoms with van der Waals surface area (Å²) in [7, 11) is 0. The van der Waals surface area contributed by atoms with Gasteiger partial charge in [0.2, 0.25) is 0 Å². The molecule has 1 nitrogen and oxygen atoms in total. The Morgan fingerprint density at radius 1 is 1.40 bits per heavy atom. The van der Waals surface area contributed by atoms with Gasteiger partial charge in [-0.15, -0.1) is 11.3 Å². The summed E-state index contributed by atoms with van der Waals surface area (Å²) in [5.74, 6) is 0.674. The molecule has 86 valence electrons. The predicted octanol–water partition coefficient (Wildman–Crippen LogP) is 4.17. The van der Waals surface area contributed by atoms with E-state index in [0.717, 1.165) is 17.4 Å². The lowest BCUT2D eigenvalue weighted by atomic mass is 9.82. The lowest BCUT2D eigenvalue weighted by Crippen LogP contribution is -2.29. The first-order valence-corrected chi connectivity index (χ1v) is 6.54. The molecular formula is C12H20ClNS. The Labute approximate surface area is 102 Å². The Balaban J connectivity index is 2.28. The van der Waals surface area contributed by atoms with Gasteiger partial charge in [0.05, 0.1) is 4.34 Å². The van der Waals surface area contributed by atoms with Gasteiger partial charge in [-0.2, -0.15) is 0 Å². The normalized spacial score (nSPS) is 14.2. The van der Waals surface area contributed by atoms with Crippen LogP contribution >= 0.6 is 22.9 Å². The van der Waals surface area contributed by atoms with Crippen LogP contribution in [0, 0.1) is 11.3 Å². The molecule has 0 spiro atoms. The average molecular weight is 246 g/mol. The Hall–Kier alpha value is -0.0500. The number of rotatable bonds is 4. The number of nitrogens with one attached hydrogen (secondary N) is 1. The minimum atomic E-state index is 0.375. The van der Waals surface area contributed by atoms with Crippen LogP contribution in [0.1, 0.15) is 32.6 Å². The zero-order valence-corrected chi connectivity index (χ0v) is 11.5. The topological polar surface area (TPSA) is 12.0 Å². The van der Waals surface area contributed by atoms with Crippen molar-refractivity contribution in [3.63, 3.8) is 0 Å². The number of hydrogen-bond acceptors (Lipinski definition) is 2. The lowest BCUT2D eigenvalue weighted by molar-refractivity contribution is 0.253. The van der Waals surface area contributed by atoms with Crippen LogP contribution in [-0.4, -0.2) is 6.54 Å². The van der Waals surface area contributed by atoms with E-state index in [4.69, 9.17) is 11.6 Å². The average Bonchev–Trinajstić information content (AvgIpc) is 2.49. The molecule has 15 heavy (non-hydrogen) atoms. The molecule has 0 radical (unpaired) electrons. The van der Waals surface area contributed by atoms with E-state index >= 15 is 0 Å². The predicted molar refractivity (Wildman–Crippen MR) is 69.7 cm³/mol. The molecule has 0 aliphatic carbocycles. The van der Waals surface area contributed by atoms with Gasteiger partial charge in [-0.3, -0.25) is 0 Å². The summed E-state index contributed by atoms with van der Waals surface area (Å²) in [6.07, 6.45) is 0. The summed E-state index contributed by atoms with van der Waals surface area (Å²) in [6, 6.07) is 4.04. The largest absolute Gasteiger partial charge is 0.312 e. The van der Waals surface area contributed by atoms with Crippen molar-refractivity contribution in [3.05, 3.63) is 21.3 Å². The monoisotopic (exact) mass is 245 g/mol. The smallest absolute Gasteiger partial charge is 0.0931 e. The molecule has 1 N–H and O–H groups in total. The van der Waals surface area contributed by atoms with Crippen LogP contribution in [0.5, 0.6) is 0 Å². The molecule has 0 saturated heterocycles. The molecule has 1 heterocycles. The van der Waals surface area contributed by atoms with Gasteiger partial charge in [0.15, 0.2) is 0 Å². The molecule has 1 rings (SSSR count). The van der Waals surface area contributed by atoms with Crippen LogP contribution in [0.3, 0.4) is 0 Å². The van der Waals surface area contributed by atoms with Gasteiger partial charge >= 0.3 is 0 Å². The van der Waals surface area contributed by atoms with E-state index in [1.54, 1.807) is 11.3 Å². The first-order chi connectivity index (χ1) is 6.89. The zero-order chi connectivity index (χ0) is 11.5. The highest BCUT2D eigenvalue weighted by atomic mass is 35.5. The Kier molecular flexibility index (Phi) is 4.63. The maximum Gasteiger partial charge on any atom is 0.0931 e. The maximum absolute atomic E-state index is 5.87. The van der Waals surface area contributed by atoms with Gasteiger partial charge in [0, 0.05) is 11.4 Å². The Bertz CT molecular complexity index is 301. The molecule has 1 aromatic rings. The lowest BCUT2D eigenvalue weighted by Gasteiger charge is -2.27. The summed E-state index contributed by atoms with van der Waals surface area (Å²) in [4.78, 5) is 1.31. The third-order valence-electron chi connectivity index (χ3n) is 2.86. The van der Waals surface area contributed by atoms with Gasteiger partial charge in [-0.05, 0) is 30.0 Å². The van der Waals surface area contributed by atoms with E-state index in [9.17, 15) is 0 Å². The molecule has 0 fully saturated rings. The second-order valence-electron chi connectivity index (χ2n) is 5.10. The SMILES string of the molecule is CC(CNCc1ccc(Cl)s1)C(C)(C)C. The molecule has 0 saturated carbocycles. The molecule has 1 aromatic heterocycles. The van der Waals surface area contributed by atoms with Gasteiger partial charge in [0.25, 0.3) is 0 Å². The van der Waals surface area contributed by atoms with Crippen molar-refractivity contribution < 1.29 is 0 Å². The second kappa shape index (κ2) is 5.33. The maximum atomic E-state index is 5.87. The summed E-state index contributed by atoms with van der Waals surface area (Å²) in [5, 5.41) is 3.47. The quantitative estimate of drug-likeness (QED) is 0.840. The van der Waals surface area contributed by atoms with Crippen molar-refractivity contribution in [3.8, 4) is 0 Å². The fourth-order valence-electron chi connectivity index (χ4n) is 1.16. The fraction of sp³-hybridized carbons (Fsp3) is 0.667. The molecular weight excluding hydrogens is 226 g/mol. The van der Waals surface area contributed by atoms with Crippen molar-refractivity contribution in [2.75, 3.05) is 6.54 Å². The van der Waals surface area contributed by atoms with Crippen LogP contribution in [0.4, 0.5) is 0 Å². The first kappa shape index (κ1) is 13.0. The standard InChI is InChI=1S/C12H20ClNS/c1-9(12(2,3)4)7-14-8-10-5-6-11(13)15-10/h5-6,9,14H,7-8H2,1-4H3. The van der Waals surface area contributed by atoms with Crippen LogP contribution in [0.15, 0.2) is 12.1 Å². The van der Waals surface area contributed by atoms with Crippen molar-refractivity contribution in [1.82, 2.24) is 5.32 Å². The van der Waals surface area contributed by atoms with Crippen molar-refractivity contribution >= 4 is 22.9 Å². The van der Waals surface area contributed by atoms with Gasteiger partial charge in [-0.25, -0.2) is 0 Å². The molecule has 0 bridgehead atoms. The highest BCUT2D eigenvalue weighted by molar-refractivity contribution is 7.16. The molecule has 0 aliphatic heterocycles. The van der Waals surface area contributed by atoms with E-state index in [1.807, 2.05) is 6.07 Å². The third kappa shape index (κ3) is 4.54. The van der Waals surface area contributed by atoms with Gasteiger partial charge < -0.3 is 5.32 Å². The van der Waals surface area contributed by atoms with E-state index in [2.05, 4.69) is 39.1 Å². The minimum absolute atomic E-state index is 0.375. The highest BCUT2D eigenvalue weighted by Crippen LogP contribution is 2.25. The van der Waals surface area contributed by atoms with Crippen molar-refractivity contribution in [2.24, 2.45) is 11.3 Å². The summed E-state index contributed by atoms with van der Waals surface area (Å²) in [5.41, 5.74) is 0.375. The number of thiophene rings is 1. The summed E-state index contributed by atoms with van der Waals surface area (Å²) >= 11 is 7.52. The van der Waals surface area contributed by atoms with Crippen LogP contribution < -0.4 is 5.32 Å². The Morgan fingerprint density at radius 3 is 2.53 bits per heavy atom. The molecule has 3 heteroatoms. The highest BCUT2D eigenvalue weighted by Gasteiger charge is 2.19. The first-order valence-electron chi connectivity index (χ1n) is 5.34. The second-order valence-corrected chi connectivity index (χ2v) is 6.90. The molecule has 1 unspecified atom stereocenters. The number of hydrogen-bond donors (Lipinski definition) is 1. The molecule has 0 aliphatic rings. The summed E-state index contributed by atoms with van der Waals surface area (Å²) < 4.78 is 0.871. The third-order valence-corrected chi connectivity index (χ3v) is 4.09. The van der Waals surface area contributed by atoms with Crippen molar-refractivity contribution in [2.45, 2.75) is 34.2 Å². The van der Waals surface area contributed by atoms with E-state index in [1.165, 1.54) is 4.88 Å². The van der Waals surface area contributed by atoms with Crippen LogP contribution in [0.2, 0.25) is 4.34 Å². The Morgan fingerprint density at radius 2 is 2.07 bits per heavy atom. The molecule has 0 amide bonds. The zero-order valence-electron chi connectivity index (χ0n) is 9.93. The van der Waals surface area contributed by atoms with E-state index in [0.29, 0.717) is 11.3 Å². The molecule has 0 aromatic carbocycles. The van der Waals surface area contributed by atoms with Crippen molar-refractivity contribution in [1.29, 1.82) is 0 Å². The molecule has 1 atom stereocenters. The van der Waals surface area contributed by atoms with Gasteiger partial charge in [-0.1, -0.05) is 39.3 Å². The number of halogens is 1. The fourth-order valence-corrected chi connectivity index (χ4v) is 2.22. The summed E-state index contributed by atoms with van der Waals surface area (Å²) in [6.45, 7) is 11.1. The van der Waals surface area contributed by atoms with Crippen LogP contribution in [-0.2, 0) is 6.54 Å². The van der Waals surface area contributed by atoms with E-state index in [-0.39, 0.29) is 0 Å². The van der Waals surface area contributed by atoms with Crippen LogP contribution in [0.25, 0.3) is 0 Å². The van der Waals surface area contributed by atoms with E-state index < -0.39 is 0 Å². The van der Waals surface area contributed by atoms with Gasteiger partial charge in [0.1, 0.15) is 0 Å². The minimum Gasteiger partial charge on any atom is -0.312 e.